The van der Waals surface area contributed by atoms with Gasteiger partial charge in [0.05, 0.1) is 6.61 Å². The molecule has 0 saturated carbocycles. The molecule has 0 unspecified atom stereocenters. The molecule has 18 heavy (non-hydrogen) atoms. The van der Waals surface area contributed by atoms with Crippen LogP contribution in [-0.4, -0.2) is 23.8 Å². The predicted octanol–water partition coefficient (Wildman–Crippen LogP) is 1.95. The Labute approximate surface area is 107 Å². The van der Waals surface area contributed by atoms with Crippen LogP contribution >= 0.6 is 0 Å². The second kappa shape index (κ2) is 7.36. The first-order valence-electron chi connectivity index (χ1n) is 5.89. The van der Waals surface area contributed by atoms with E-state index in [2.05, 4.69) is 22.5 Å². The average molecular weight is 246 g/mol. The number of aliphatic hydroxyl groups is 1. The molecule has 0 aliphatic rings. The lowest BCUT2D eigenvalue weighted by Gasteiger charge is -2.10. The van der Waals surface area contributed by atoms with Gasteiger partial charge in [-0.05, 0) is 32.0 Å². The highest BCUT2D eigenvalue weighted by Crippen LogP contribution is 2.09. The number of urea groups is 1. The van der Waals surface area contributed by atoms with E-state index >= 15 is 0 Å². The number of benzene rings is 1. The summed E-state index contributed by atoms with van der Waals surface area (Å²) >= 11 is 0. The molecule has 3 N–H and O–H groups in total. The summed E-state index contributed by atoms with van der Waals surface area (Å²) in [6, 6.07) is 7.15. The van der Waals surface area contributed by atoms with Crippen molar-refractivity contribution in [2.24, 2.45) is 0 Å². The van der Waals surface area contributed by atoms with Crippen molar-refractivity contribution in [3.63, 3.8) is 0 Å². The van der Waals surface area contributed by atoms with Crippen LogP contribution in [0.1, 0.15) is 25.8 Å². The summed E-state index contributed by atoms with van der Waals surface area (Å²) in [6.07, 6.45) is 0.450. The zero-order valence-corrected chi connectivity index (χ0v) is 10.7. The monoisotopic (exact) mass is 246 g/mol. The normalized spacial score (nSPS) is 9.56. The third-order valence-electron chi connectivity index (χ3n) is 2.01. The maximum atomic E-state index is 11.5. The Morgan fingerprint density at radius 2 is 2.22 bits per heavy atom. The number of carbonyl (C=O) groups is 1. The third-order valence-corrected chi connectivity index (χ3v) is 2.01. The van der Waals surface area contributed by atoms with E-state index in [0.29, 0.717) is 12.1 Å². The summed E-state index contributed by atoms with van der Waals surface area (Å²) in [5.41, 5.74) is 1.51. The standard InChI is InChI=1S/C14H18N2O2/c1-11(2)15-14(18)16-13-8-5-7-12(10-13)6-3-4-9-17/h5,7-8,10-11,17H,4,9H2,1-2H3,(H2,15,16,18). The minimum Gasteiger partial charge on any atom is -0.395 e. The minimum absolute atomic E-state index is 0.0573. The second-order valence-electron chi connectivity index (χ2n) is 4.11. The quantitative estimate of drug-likeness (QED) is 0.714. The molecule has 0 radical (unpaired) electrons. The minimum atomic E-state index is -0.231. The average Bonchev–Trinajstić information content (AvgIpc) is 2.28. The summed E-state index contributed by atoms with van der Waals surface area (Å²) in [7, 11) is 0. The SMILES string of the molecule is CC(C)NC(=O)Nc1cccc(C#CCCO)c1. The fraction of sp³-hybridized carbons (Fsp3) is 0.357. The Bertz CT molecular complexity index is 458. The van der Waals surface area contributed by atoms with Crippen LogP contribution in [0.5, 0.6) is 0 Å². The summed E-state index contributed by atoms with van der Waals surface area (Å²) in [4.78, 5) is 11.5. The number of amides is 2. The summed E-state index contributed by atoms with van der Waals surface area (Å²) in [5.74, 6) is 5.75. The lowest BCUT2D eigenvalue weighted by molar-refractivity contribution is 0.250. The Kier molecular flexibility index (Phi) is 5.75. The van der Waals surface area contributed by atoms with Crippen molar-refractivity contribution in [3.05, 3.63) is 29.8 Å². The molecule has 0 aromatic heterocycles. The van der Waals surface area contributed by atoms with Crippen LogP contribution in [0.2, 0.25) is 0 Å². The second-order valence-corrected chi connectivity index (χ2v) is 4.11. The number of nitrogens with one attached hydrogen (secondary N) is 2. The van der Waals surface area contributed by atoms with Crippen molar-refractivity contribution in [1.29, 1.82) is 0 Å². The molecule has 0 aliphatic heterocycles. The highest BCUT2D eigenvalue weighted by molar-refractivity contribution is 5.89. The molecule has 0 atom stereocenters. The molecular formula is C14H18N2O2. The maximum Gasteiger partial charge on any atom is 0.319 e. The van der Waals surface area contributed by atoms with Crippen molar-refractivity contribution in [1.82, 2.24) is 5.32 Å². The maximum absolute atomic E-state index is 11.5. The van der Waals surface area contributed by atoms with E-state index in [1.165, 1.54) is 0 Å². The molecule has 2 amide bonds. The van der Waals surface area contributed by atoms with Crippen LogP contribution in [0.25, 0.3) is 0 Å². The van der Waals surface area contributed by atoms with Gasteiger partial charge in [0.2, 0.25) is 0 Å². The Balaban J connectivity index is 2.65. The van der Waals surface area contributed by atoms with Gasteiger partial charge < -0.3 is 15.7 Å². The van der Waals surface area contributed by atoms with Crippen molar-refractivity contribution in [2.75, 3.05) is 11.9 Å². The highest BCUT2D eigenvalue weighted by atomic mass is 16.2. The molecule has 1 aromatic rings. The van der Waals surface area contributed by atoms with E-state index in [9.17, 15) is 4.79 Å². The zero-order valence-electron chi connectivity index (χ0n) is 10.7. The third kappa shape index (κ3) is 5.37. The lowest BCUT2D eigenvalue weighted by Crippen LogP contribution is -2.34. The Morgan fingerprint density at radius 1 is 1.44 bits per heavy atom. The molecule has 4 nitrogen and oxygen atoms in total. The van der Waals surface area contributed by atoms with Gasteiger partial charge in [-0.2, -0.15) is 0 Å². The van der Waals surface area contributed by atoms with Crippen LogP contribution in [0.4, 0.5) is 10.5 Å². The van der Waals surface area contributed by atoms with E-state index in [0.717, 1.165) is 5.56 Å². The van der Waals surface area contributed by atoms with Gasteiger partial charge in [-0.15, -0.1) is 0 Å². The summed E-state index contributed by atoms with van der Waals surface area (Å²) < 4.78 is 0. The van der Waals surface area contributed by atoms with E-state index in [1.807, 2.05) is 26.0 Å². The molecule has 0 heterocycles. The largest absolute Gasteiger partial charge is 0.395 e. The van der Waals surface area contributed by atoms with Crippen molar-refractivity contribution in [2.45, 2.75) is 26.3 Å². The fourth-order valence-electron chi connectivity index (χ4n) is 1.32. The van der Waals surface area contributed by atoms with Gasteiger partial charge in [0, 0.05) is 23.7 Å². The summed E-state index contributed by atoms with van der Waals surface area (Å²) in [6.45, 7) is 3.86. The van der Waals surface area contributed by atoms with Crippen LogP contribution in [-0.2, 0) is 0 Å². The first-order valence-corrected chi connectivity index (χ1v) is 5.89. The van der Waals surface area contributed by atoms with Crippen LogP contribution in [0.3, 0.4) is 0 Å². The van der Waals surface area contributed by atoms with Crippen molar-refractivity contribution in [3.8, 4) is 11.8 Å². The number of anilines is 1. The van der Waals surface area contributed by atoms with Crippen LogP contribution in [0, 0.1) is 11.8 Å². The number of hydrogen-bond donors (Lipinski definition) is 3. The van der Waals surface area contributed by atoms with E-state index in [-0.39, 0.29) is 18.7 Å². The summed E-state index contributed by atoms with van der Waals surface area (Å²) in [5, 5.41) is 14.1. The van der Waals surface area contributed by atoms with E-state index in [4.69, 9.17) is 5.11 Å². The number of hydrogen-bond acceptors (Lipinski definition) is 2. The van der Waals surface area contributed by atoms with Crippen LogP contribution in [0.15, 0.2) is 24.3 Å². The molecule has 1 rings (SSSR count). The van der Waals surface area contributed by atoms with Gasteiger partial charge >= 0.3 is 6.03 Å². The van der Waals surface area contributed by atoms with Crippen molar-refractivity contribution >= 4 is 11.7 Å². The van der Waals surface area contributed by atoms with E-state index < -0.39 is 0 Å². The highest BCUT2D eigenvalue weighted by Gasteiger charge is 2.02. The van der Waals surface area contributed by atoms with Gasteiger partial charge in [0.1, 0.15) is 0 Å². The molecule has 0 saturated heterocycles. The Hall–Kier alpha value is -1.99. The van der Waals surface area contributed by atoms with E-state index in [1.54, 1.807) is 12.1 Å². The number of rotatable bonds is 3. The number of carbonyl (C=O) groups excluding carboxylic acids is 1. The fourth-order valence-corrected chi connectivity index (χ4v) is 1.32. The predicted molar refractivity (Wildman–Crippen MR) is 72.3 cm³/mol. The molecule has 96 valence electrons. The molecule has 0 fully saturated rings. The molecule has 0 spiro atoms. The first-order chi connectivity index (χ1) is 8.61. The first kappa shape index (κ1) is 14.1. The van der Waals surface area contributed by atoms with Gasteiger partial charge in [0.15, 0.2) is 0 Å². The molecule has 1 aromatic carbocycles. The van der Waals surface area contributed by atoms with Gasteiger partial charge in [-0.25, -0.2) is 4.79 Å². The Morgan fingerprint density at radius 3 is 2.89 bits per heavy atom. The van der Waals surface area contributed by atoms with Gasteiger partial charge in [-0.1, -0.05) is 17.9 Å². The smallest absolute Gasteiger partial charge is 0.319 e. The topological polar surface area (TPSA) is 61.4 Å². The van der Waals surface area contributed by atoms with Gasteiger partial charge in [0.25, 0.3) is 0 Å². The molecule has 0 bridgehead atoms. The molecule has 4 heteroatoms. The lowest BCUT2D eigenvalue weighted by atomic mass is 10.2. The van der Waals surface area contributed by atoms with Crippen LogP contribution < -0.4 is 10.6 Å². The molecule has 0 aliphatic carbocycles. The zero-order chi connectivity index (χ0) is 13.4. The van der Waals surface area contributed by atoms with Crippen molar-refractivity contribution < 1.29 is 9.90 Å². The number of aliphatic hydroxyl groups excluding tert-OH is 1. The molecular weight excluding hydrogens is 228 g/mol. The van der Waals surface area contributed by atoms with Gasteiger partial charge in [-0.3, -0.25) is 0 Å².